The first-order valence-corrected chi connectivity index (χ1v) is 7.05. The largest absolute Gasteiger partial charge is 0.360 e. The maximum atomic E-state index is 14.0. The predicted molar refractivity (Wildman–Crippen MR) is 82.0 cm³/mol. The number of carbonyl (C=O) groups excluding carboxylic acids is 1. The fourth-order valence-corrected chi connectivity index (χ4v) is 2.25. The first-order valence-electron chi connectivity index (χ1n) is 7.05. The zero-order valence-corrected chi connectivity index (χ0v) is 12.4. The number of rotatable bonds is 4. The van der Waals surface area contributed by atoms with Gasteiger partial charge in [-0.3, -0.25) is 9.78 Å². The van der Waals surface area contributed by atoms with Crippen molar-refractivity contribution in [3.8, 4) is 11.3 Å². The predicted octanol–water partition coefficient (Wildman–Crippen LogP) is 3.11. The molecule has 116 valence electrons. The molecular formula is C17H14FN3O2. The van der Waals surface area contributed by atoms with Crippen molar-refractivity contribution in [2.24, 2.45) is 0 Å². The zero-order chi connectivity index (χ0) is 16.2. The highest BCUT2D eigenvalue weighted by Gasteiger charge is 2.23. The van der Waals surface area contributed by atoms with Crippen molar-refractivity contribution in [3.05, 3.63) is 71.5 Å². The van der Waals surface area contributed by atoms with Crippen molar-refractivity contribution >= 4 is 5.91 Å². The van der Waals surface area contributed by atoms with Crippen molar-refractivity contribution in [2.75, 3.05) is 0 Å². The van der Waals surface area contributed by atoms with Gasteiger partial charge in [0.25, 0.3) is 5.91 Å². The minimum atomic E-state index is -0.456. The van der Waals surface area contributed by atoms with Crippen LogP contribution < -0.4 is 5.32 Å². The van der Waals surface area contributed by atoms with E-state index in [-0.39, 0.29) is 22.7 Å². The standard InChI is InChI=1S/C17H14FN3O2/c1-11-15(17(22)20-10-12-5-4-8-19-9-12)16(21-23-11)13-6-2-3-7-14(13)18/h2-9H,10H2,1H3,(H,20,22). The van der Waals surface area contributed by atoms with Crippen molar-refractivity contribution in [1.82, 2.24) is 15.5 Å². The van der Waals surface area contributed by atoms with Crippen molar-refractivity contribution in [3.63, 3.8) is 0 Å². The molecule has 0 saturated heterocycles. The summed E-state index contributed by atoms with van der Waals surface area (Å²) in [4.78, 5) is 16.4. The van der Waals surface area contributed by atoms with Gasteiger partial charge in [0.2, 0.25) is 0 Å². The minimum Gasteiger partial charge on any atom is -0.360 e. The third-order valence-corrected chi connectivity index (χ3v) is 3.39. The fraction of sp³-hybridized carbons (Fsp3) is 0.118. The first-order chi connectivity index (χ1) is 11.2. The summed E-state index contributed by atoms with van der Waals surface area (Å²) in [5.74, 6) is -0.486. The lowest BCUT2D eigenvalue weighted by molar-refractivity contribution is 0.0950. The molecule has 23 heavy (non-hydrogen) atoms. The zero-order valence-electron chi connectivity index (χ0n) is 12.4. The van der Waals surface area contributed by atoms with Gasteiger partial charge in [0.1, 0.15) is 22.8 Å². The van der Waals surface area contributed by atoms with Gasteiger partial charge < -0.3 is 9.84 Å². The Hall–Kier alpha value is -3.02. The molecule has 1 aromatic carbocycles. The van der Waals surface area contributed by atoms with E-state index in [1.807, 2.05) is 6.07 Å². The van der Waals surface area contributed by atoms with Crippen LogP contribution in [-0.4, -0.2) is 16.0 Å². The Bertz CT molecular complexity index is 831. The highest BCUT2D eigenvalue weighted by molar-refractivity contribution is 6.00. The van der Waals surface area contributed by atoms with Gasteiger partial charge >= 0.3 is 0 Å². The smallest absolute Gasteiger partial charge is 0.257 e. The molecule has 0 aliphatic heterocycles. The van der Waals surface area contributed by atoms with E-state index < -0.39 is 5.82 Å². The Kier molecular flexibility index (Phi) is 4.14. The van der Waals surface area contributed by atoms with E-state index in [0.29, 0.717) is 12.3 Å². The molecule has 0 unspecified atom stereocenters. The molecule has 1 N–H and O–H groups in total. The Labute approximate surface area is 132 Å². The van der Waals surface area contributed by atoms with Crippen molar-refractivity contribution < 1.29 is 13.7 Å². The van der Waals surface area contributed by atoms with Gasteiger partial charge in [-0.1, -0.05) is 23.4 Å². The number of carbonyl (C=O) groups is 1. The van der Waals surface area contributed by atoms with Crippen LogP contribution in [0, 0.1) is 12.7 Å². The summed E-state index contributed by atoms with van der Waals surface area (Å²) in [7, 11) is 0. The number of nitrogens with zero attached hydrogens (tertiary/aromatic N) is 2. The van der Waals surface area contributed by atoms with Gasteiger partial charge in [-0.15, -0.1) is 0 Å². The summed E-state index contributed by atoms with van der Waals surface area (Å²) >= 11 is 0. The van der Waals surface area contributed by atoms with E-state index in [1.54, 1.807) is 43.6 Å². The lowest BCUT2D eigenvalue weighted by Crippen LogP contribution is -2.23. The summed E-state index contributed by atoms with van der Waals surface area (Å²) < 4.78 is 19.0. The van der Waals surface area contributed by atoms with Crippen LogP contribution in [0.15, 0.2) is 53.3 Å². The lowest BCUT2D eigenvalue weighted by atomic mass is 10.1. The average Bonchev–Trinajstić information content (AvgIpc) is 2.95. The molecule has 3 aromatic rings. The number of halogens is 1. The maximum absolute atomic E-state index is 14.0. The van der Waals surface area contributed by atoms with E-state index in [4.69, 9.17) is 4.52 Å². The Morgan fingerprint density at radius 3 is 2.83 bits per heavy atom. The SMILES string of the molecule is Cc1onc(-c2ccccc2F)c1C(=O)NCc1cccnc1. The molecule has 0 aliphatic carbocycles. The third-order valence-electron chi connectivity index (χ3n) is 3.39. The molecule has 0 fully saturated rings. The summed E-state index contributed by atoms with van der Waals surface area (Å²) in [6, 6.07) is 9.78. The molecule has 2 heterocycles. The van der Waals surface area contributed by atoms with Crippen LogP contribution in [0.2, 0.25) is 0 Å². The summed E-state index contributed by atoms with van der Waals surface area (Å²) in [6.45, 7) is 1.93. The number of aromatic nitrogens is 2. The van der Waals surface area contributed by atoms with Gasteiger partial charge in [-0.05, 0) is 30.7 Å². The number of aryl methyl sites for hydroxylation is 1. The molecule has 0 spiro atoms. The molecule has 2 aromatic heterocycles. The summed E-state index contributed by atoms with van der Waals surface area (Å²) in [5.41, 5.74) is 1.53. The molecule has 1 amide bonds. The topological polar surface area (TPSA) is 68.0 Å². The number of hydrogen-bond acceptors (Lipinski definition) is 4. The number of hydrogen-bond donors (Lipinski definition) is 1. The number of nitrogens with one attached hydrogen (secondary N) is 1. The van der Waals surface area contributed by atoms with Crippen LogP contribution in [-0.2, 0) is 6.54 Å². The Balaban J connectivity index is 1.87. The van der Waals surface area contributed by atoms with Crippen LogP contribution in [0.25, 0.3) is 11.3 Å². The van der Waals surface area contributed by atoms with Crippen LogP contribution in [0.3, 0.4) is 0 Å². The quantitative estimate of drug-likeness (QED) is 0.804. The van der Waals surface area contributed by atoms with E-state index in [1.165, 1.54) is 6.07 Å². The summed E-state index contributed by atoms with van der Waals surface area (Å²) in [6.07, 6.45) is 3.32. The Morgan fingerprint density at radius 1 is 1.26 bits per heavy atom. The molecular weight excluding hydrogens is 297 g/mol. The molecule has 6 heteroatoms. The molecule has 0 saturated carbocycles. The van der Waals surface area contributed by atoms with Crippen molar-refractivity contribution in [1.29, 1.82) is 0 Å². The minimum absolute atomic E-state index is 0.198. The number of benzene rings is 1. The molecule has 0 aliphatic rings. The normalized spacial score (nSPS) is 10.5. The number of pyridine rings is 1. The van der Waals surface area contributed by atoms with Gasteiger partial charge in [0, 0.05) is 24.5 Å². The average molecular weight is 311 g/mol. The lowest BCUT2D eigenvalue weighted by Gasteiger charge is -2.06. The van der Waals surface area contributed by atoms with Crippen molar-refractivity contribution in [2.45, 2.75) is 13.5 Å². The van der Waals surface area contributed by atoms with E-state index in [2.05, 4.69) is 15.5 Å². The van der Waals surface area contributed by atoms with Gasteiger partial charge in [0.15, 0.2) is 0 Å². The van der Waals surface area contributed by atoms with Crippen LogP contribution in [0.5, 0.6) is 0 Å². The van der Waals surface area contributed by atoms with Crippen LogP contribution in [0.4, 0.5) is 4.39 Å². The third kappa shape index (κ3) is 3.11. The molecule has 0 radical (unpaired) electrons. The first kappa shape index (κ1) is 14.9. The molecule has 3 rings (SSSR count). The molecule has 5 nitrogen and oxygen atoms in total. The van der Waals surface area contributed by atoms with E-state index in [0.717, 1.165) is 5.56 Å². The highest BCUT2D eigenvalue weighted by atomic mass is 19.1. The second kappa shape index (κ2) is 6.39. The van der Waals surface area contributed by atoms with E-state index >= 15 is 0 Å². The van der Waals surface area contributed by atoms with Gasteiger partial charge in [0.05, 0.1) is 0 Å². The monoisotopic (exact) mass is 311 g/mol. The van der Waals surface area contributed by atoms with Gasteiger partial charge in [-0.2, -0.15) is 0 Å². The maximum Gasteiger partial charge on any atom is 0.257 e. The van der Waals surface area contributed by atoms with Gasteiger partial charge in [-0.25, -0.2) is 4.39 Å². The fourth-order valence-electron chi connectivity index (χ4n) is 2.25. The molecule has 0 bridgehead atoms. The second-order valence-electron chi connectivity index (χ2n) is 4.99. The molecule has 0 atom stereocenters. The Morgan fingerprint density at radius 2 is 2.09 bits per heavy atom. The highest BCUT2D eigenvalue weighted by Crippen LogP contribution is 2.27. The van der Waals surface area contributed by atoms with Crippen LogP contribution >= 0.6 is 0 Å². The van der Waals surface area contributed by atoms with Crippen LogP contribution in [0.1, 0.15) is 21.7 Å². The summed E-state index contributed by atoms with van der Waals surface area (Å²) in [5, 5.41) is 6.61. The second-order valence-corrected chi connectivity index (χ2v) is 4.99. The number of amides is 1. The van der Waals surface area contributed by atoms with E-state index in [9.17, 15) is 9.18 Å².